The number of aliphatic carboxylic acids is 5. The Morgan fingerprint density at radius 3 is 0.911 bits per heavy atom. The molecule has 38 unspecified atom stereocenters. The van der Waals surface area contributed by atoms with Gasteiger partial charge in [-0.3, -0.25) is 4.79 Å². The van der Waals surface area contributed by atoms with Gasteiger partial charge in [0.15, 0.2) is 18.7 Å². The Labute approximate surface area is 573 Å². The first-order valence-electron chi connectivity index (χ1n) is 31.8. The highest BCUT2D eigenvalue weighted by atomic mass is 16.6. The van der Waals surface area contributed by atoms with E-state index in [0.717, 1.165) is 28.4 Å². The topological polar surface area (TPSA) is 718 Å². The molecule has 38 atom stereocenters. The number of nitrogens with one attached hydrogen (secondary N) is 1. The average Bonchev–Trinajstić information content (AvgIpc) is 0.777. The first kappa shape index (κ1) is 86.7. The van der Waals surface area contributed by atoms with Gasteiger partial charge in [-0.15, -0.1) is 0 Å². The summed E-state index contributed by atoms with van der Waals surface area (Å²) in [5.41, 5.74) is 0. The number of rotatable bonds is 32. The maximum Gasteiger partial charge on any atom is 0.333 e. The molecule has 6 fully saturated rings. The summed E-state index contributed by atoms with van der Waals surface area (Å²) in [6.07, 6.45) is -62.8. The van der Waals surface area contributed by atoms with Gasteiger partial charge in [0.25, 0.3) is 0 Å². The SMILES string of the molecule is CNC(=O)C1OC(CC(CC=O)C(O)C(O)C(O)OC)C(O)C(O)C1CC1OC(C(=O)[O-])C(CC2OC(C(=O)[O-])C(OC)C(O)C2O)C(O)C1O.COC(O)C(O)C(O)C(CC=O)CC1OC(C(=O)O)C(CC2OC(C(=O)[O-])C(CC3OC(C(=O)[O-])C(OC)C(O)C3O)C(O)C2O)C(O)C1O. The van der Waals surface area contributed by atoms with Crippen molar-refractivity contribution < 1.29 is 203 Å². The quantitative estimate of drug-likeness (QED) is 0.0220. The van der Waals surface area contributed by atoms with Crippen LogP contribution in [0.2, 0.25) is 0 Å². The largest absolute Gasteiger partial charge is 0.547 e. The molecule has 0 radical (unpaired) electrons. The summed E-state index contributed by atoms with van der Waals surface area (Å²) in [6, 6.07) is 0. The lowest BCUT2D eigenvalue weighted by Gasteiger charge is -2.49. The van der Waals surface area contributed by atoms with Crippen molar-refractivity contribution in [2.75, 3.05) is 35.5 Å². The van der Waals surface area contributed by atoms with Crippen molar-refractivity contribution in [2.24, 2.45) is 35.5 Å². The molecule has 42 heteroatoms. The number of likely N-dealkylation sites (N-methyl/N-ethyl adjacent to an activating group) is 1. The minimum atomic E-state index is -2.12. The zero-order chi connectivity index (χ0) is 76.3. The van der Waals surface area contributed by atoms with E-state index in [1.807, 2.05) is 0 Å². The second-order valence-corrected chi connectivity index (χ2v) is 25.7. The third kappa shape index (κ3) is 20.0. The van der Waals surface area contributed by atoms with Crippen molar-refractivity contribution in [3.8, 4) is 0 Å². The Morgan fingerprint density at radius 1 is 0.386 bits per heavy atom. The van der Waals surface area contributed by atoms with Crippen molar-refractivity contribution in [1.29, 1.82) is 0 Å². The van der Waals surface area contributed by atoms with E-state index in [0.29, 0.717) is 12.6 Å². The molecule has 101 heavy (non-hydrogen) atoms. The number of carboxylic acids is 5. The number of carboxylic acid groups (broad SMARTS) is 5. The minimum Gasteiger partial charge on any atom is -0.547 e. The molecule has 0 spiro atoms. The molecule has 6 aliphatic heterocycles. The maximum atomic E-state index is 13.0. The van der Waals surface area contributed by atoms with Crippen LogP contribution in [0.1, 0.15) is 51.4 Å². The normalized spacial score (nSPS) is 41.5. The van der Waals surface area contributed by atoms with E-state index in [-0.39, 0.29) is 0 Å². The number of aliphatic hydroxyl groups excluding tert-OH is 18. The standard InChI is InChI=1S/C30H49NO20.C29H46O21/c1-31-27(41)23-10(16(34)18(36)12(49-23)6-9(4-5-32)15(33)22(40)30(46)48-3)7-13-19(37)17(35)11(24(50-13)28(42)43)8-14-20(38)21(39)25(47-2)26(51-14)29(44)45;1-46-24-20(37)19(36)13(50-25(24)28(43)44)7-10-16(33)18(35)12(49-23(10)27(41)42)6-9-15(32)17(34)11(48-22(9)26(39)40)5-8(3-4-30)14(31)21(38)29(45)47-2/h5,9-26,30,33-40,46H,4,6-8H2,1-3H3,(H,31,41)(H,42,43)(H,44,45);4,8-25,29,31-38,45H,3,5-7H2,1-2H3,(H,39,40)(H,41,42)(H,43,44)/p-4. The fraction of sp³-hybridized carbons (Fsp3) is 0.864. The molecule has 0 aromatic carbocycles. The van der Waals surface area contributed by atoms with Gasteiger partial charge in [-0.25, -0.2) is 4.79 Å². The van der Waals surface area contributed by atoms with Crippen LogP contribution in [0.5, 0.6) is 0 Å². The van der Waals surface area contributed by atoms with Gasteiger partial charge < -0.3 is 199 Å². The summed E-state index contributed by atoms with van der Waals surface area (Å²) in [4.78, 5) is 95.5. The van der Waals surface area contributed by atoms with E-state index in [4.69, 9.17) is 37.9 Å². The molecule has 0 bridgehead atoms. The van der Waals surface area contributed by atoms with E-state index in [2.05, 4.69) is 14.8 Å². The highest BCUT2D eigenvalue weighted by Gasteiger charge is 2.57. The minimum absolute atomic E-state index is 0.346. The van der Waals surface area contributed by atoms with E-state index in [9.17, 15) is 156 Å². The lowest BCUT2D eigenvalue weighted by molar-refractivity contribution is -0.340. The van der Waals surface area contributed by atoms with Crippen LogP contribution in [-0.4, -0.2) is 377 Å². The summed E-state index contributed by atoms with van der Waals surface area (Å²) in [6.45, 7) is 0. The van der Waals surface area contributed by atoms with Gasteiger partial charge in [-0.05, 0) is 50.4 Å². The first-order valence-corrected chi connectivity index (χ1v) is 31.8. The van der Waals surface area contributed by atoms with E-state index in [1.165, 1.54) is 7.05 Å². The van der Waals surface area contributed by atoms with Gasteiger partial charge in [-0.1, -0.05) is 0 Å². The predicted molar refractivity (Wildman–Crippen MR) is 307 cm³/mol. The summed E-state index contributed by atoms with van der Waals surface area (Å²) in [7, 11) is 5.34. The smallest absolute Gasteiger partial charge is 0.333 e. The fourth-order valence-electron chi connectivity index (χ4n) is 14.0. The van der Waals surface area contributed by atoms with Crippen molar-refractivity contribution in [2.45, 2.75) is 247 Å². The van der Waals surface area contributed by atoms with Crippen LogP contribution in [0.25, 0.3) is 0 Å². The zero-order valence-corrected chi connectivity index (χ0v) is 54.7. The third-order valence-electron chi connectivity index (χ3n) is 19.7. The fourth-order valence-corrected chi connectivity index (χ4v) is 14.0. The number of carbonyl (C=O) groups excluding carboxylic acids is 7. The third-order valence-corrected chi connectivity index (χ3v) is 19.7. The van der Waals surface area contributed by atoms with Crippen molar-refractivity contribution in [1.82, 2.24) is 5.32 Å². The first-order chi connectivity index (χ1) is 47.3. The number of ether oxygens (including phenoxy) is 10. The van der Waals surface area contributed by atoms with Crippen LogP contribution in [-0.2, 0) is 85.7 Å². The molecule has 6 rings (SSSR count). The molecule has 6 saturated heterocycles. The number of carbonyl (C=O) groups is 8. The van der Waals surface area contributed by atoms with Crippen molar-refractivity contribution >= 4 is 48.3 Å². The molecule has 0 aromatic heterocycles. The summed E-state index contributed by atoms with van der Waals surface area (Å²) in [5, 5.41) is 251. The number of aldehydes is 2. The lowest BCUT2D eigenvalue weighted by Crippen LogP contribution is -2.65. The highest BCUT2D eigenvalue weighted by Crippen LogP contribution is 2.43. The Morgan fingerprint density at radius 2 is 0.644 bits per heavy atom. The molecule has 6 aliphatic rings. The molecule has 6 heterocycles. The van der Waals surface area contributed by atoms with Crippen molar-refractivity contribution in [3.05, 3.63) is 0 Å². The van der Waals surface area contributed by atoms with Gasteiger partial charge in [-0.2, -0.15) is 0 Å². The Bertz CT molecular complexity index is 2690. The molecule has 20 N–H and O–H groups in total. The van der Waals surface area contributed by atoms with E-state index >= 15 is 0 Å². The molecule has 42 nitrogen and oxygen atoms in total. The van der Waals surface area contributed by atoms with Gasteiger partial charge in [0, 0.05) is 72.0 Å². The van der Waals surface area contributed by atoms with Crippen LogP contribution in [0.15, 0.2) is 0 Å². The number of aliphatic hydroxyl groups is 18. The molecule has 0 saturated carbocycles. The van der Waals surface area contributed by atoms with Crippen LogP contribution in [0.3, 0.4) is 0 Å². The number of methoxy groups -OCH3 is 4. The van der Waals surface area contributed by atoms with E-state index in [1.54, 1.807) is 0 Å². The second-order valence-electron chi connectivity index (χ2n) is 25.7. The molecule has 0 aromatic rings. The summed E-state index contributed by atoms with van der Waals surface area (Å²) < 4.78 is 51.9. The lowest BCUT2D eigenvalue weighted by atomic mass is 9.75. The Balaban J connectivity index is 0.000000364. The number of hydrogen-bond acceptors (Lipinski definition) is 40. The molecule has 1 amide bonds. The van der Waals surface area contributed by atoms with E-state index < -0.39 is 318 Å². The molecule has 0 aliphatic carbocycles. The maximum absolute atomic E-state index is 13.0. The summed E-state index contributed by atoms with van der Waals surface area (Å²) >= 11 is 0. The number of hydrogen-bond donors (Lipinski definition) is 20. The number of amides is 1. The molecule has 582 valence electrons. The molecular formula is C59H91NO41-4. The zero-order valence-electron chi connectivity index (χ0n) is 54.7. The highest BCUT2D eigenvalue weighted by molar-refractivity contribution is 5.81. The average molecular weight is 1470 g/mol. The van der Waals surface area contributed by atoms with Gasteiger partial charge in [0.05, 0.1) is 97.1 Å². The van der Waals surface area contributed by atoms with Crippen LogP contribution < -0.4 is 25.7 Å². The van der Waals surface area contributed by atoms with Crippen LogP contribution in [0, 0.1) is 35.5 Å². The van der Waals surface area contributed by atoms with Crippen LogP contribution >= 0.6 is 0 Å². The monoisotopic (exact) mass is 1470 g/mol. The van der Waals surface area contributed by atoms with Gasteiger partial charge >= 0.3 is 5.97 Å². The Hall–Kier alpha value is -4.96. The summed E-state index contributed by atoms with van der Waals surface area (Å²) in [5.74, 6) is -19.0. The van der Waals surface area contributed by atoms with Crippen molar-refractivity contribution in [3.63, 3.8) is 0 Å². The van der Waals surface area contributed by atoms with Gasteiger partial charge in [0.1, 0.15) is 116 Å². The molecular weight excluding hydrogens is 1380 g/mol. The van der Waals surface area contributed by atoms with Gasteiger partial charge in [0.2, 0.25) is 5.91 Å². The Kier molecular flexibility index (Phi) is 32.9. The van der Waals surface area contributed by atoms with Crippen LogP contribution in [0.4, 0.5) is 0 Å². The second kappa shape index (κ2) is 38.4. The predicted octanol–water partition coefficient (Wildman–Crippen LogP) is -17.6.